The van der Waals surface area contributed by atoms with Gasteiger partial charge in [0.1, 0.15) is 5.75 Å². The molecule has 2 aliphatic heterocycles. The Bertz CT molecular complexity index is 521. The highest BCUT2D eigenvalue weighted by Gasteiger charge is 2.40. The molecule has 0 atom stereocenters. The number of hydrogen-bond acceptors (Lipinski definition) is 3. The largest absolute Gasteiger partial charge is 0.507 e. The summed E-state index contributed by atoms with van der Waals surface area (Å²) >= 11 is 0. The van der Waals surface area contributed by atoms with Crippen LogP contribution in [0.15, 0.2) is 18.2 Å². The second-order valence-electron chi connectivity index (χ2n) is 6.25. The first-order valence-electron chi connectivity index (χ1n) is 7.39. The van der Waals surface area contributed by atoms with Gasteiger partial charge in [0.25, 0.3) is 5.91 Å². The first kappa shape index (κ1) is 13.4. The van der Waals surface area contributed by atoms with Crippen LogP contribution in [0, 0.1) is 12.3 Å². The fraction of sp³-hybridized carbons (Fsp3) is 0.562. The van der Waals surface area contributed by atoms with Crippen LogP contribution < -0.4 is 5.32 Å². The highest BCUT2D eigenvalue weighted by atomic mass is 16.3. The molecule has 4 nitrogen and oxygen atoms in total. The summed E-state index contributed by atoms with van der Waals surface area (Å²) in [5.41, 5.74) is 1.75. The molecule has 20 heavy (non-hydrogen) atoms. The average molecular weight is 274 g/mol. The van der Waals surface area contributed by atoms with Crippen molar-refractivity contribution in [3.63, 3.8) is 0 Å². The number of piperidine rings is 1. The van der Waals surface area contributed by atoms with Crippen LogP contribution in [0.2, 0.25) is 0 Å². The molecule has 3 rings (SSSR count). The van der Waals surface area contributed by atoms with Gasteiger partial charge in [-0.15, -0.1) is 0 Å². The lowest BCUT2D eigenvalue weighted by Gasteiger charge is -2.33. The Morgan fingerprint density at radius 2 is 2.05 bits per heavy atom. The van der Waals surface area contributed by atoms with Crippen molar-refractivity contribution >= 4 is 5.91 Å². The topological polar surface area (TPSA) is 52.6 Å². The van der Waals surface area contributed by atoms with Gasteiger partial charge < -0.3 is 15.3 Å². The zero-order valence-electron chi connectivity index (χ0n) is 12.0. The maximum atomic E-state index is 12.6. The van der Waals surface area contributed by atoms with Crippen LogP contribution in [0.4, 0.5) is 0 Å². The van der Waals surface area contributed by atoms with Crippen molar-refractivity contribution in [2.24, 2.45) is 5.41 Å². The van der Waals surface area contributed by atoms with Gasteiger partial charge in [0.15, 0.2) is 0 Å². The van der Waals surface area contributed by atoms with Crippen molar-refractivity contribution in [3.05, 3.63) is 29.3 Å². The molecule has 0 radical (unpaired) electrons. The van der Waals surface area contributed by atoms with Crippen LogP contribution in [-0.2, 0) is 0 Å². The number of likely N-dealkylation sites (tertiary alicyclic amines) is 1. The molecule has 2 fully saturated rings. The van der Waals surface area contributed by atoms with Crippen molar-refractivity contribution in [1.29, 1.82) is 0 Å². The molecule has 1 aromatic carbocycles. The fourth-order valence-corrected chi connectivity index (χ4v) is 3.47. The normalized spacial score (nSPS) is 21.4. The molecule has 2 aliphatic rings. The minimum absolute atomic E-state index is 0.0263. The third-order valence-electron chi connectivity index (χ3n) is 4.77. The second-order valence-corrected chi connectivity index (χ2v) is 6.25. The molecule has 2 saturated heterocycles. The van der Waals surface area contributed by atoms with Gasteiger partial charge in [0, 0.05) is 13.1 Å². The average Bonchev–Trinajstić information content (AvgIpc) is 2.85. The molecule has 1 spiro atoms. The van der Waals surface area contributed by atoms with Gasteiger partial charge in [-0.2, -0.15) is 0 Å². The van der Waals surface area contributed by atoms with Crippen LogP contribution in [0.25, 0.3) is 0 Å². The summed E-state index contributed by atoms with van der Waals surface area (Å²) in [7, 11) is 0. The van der Waals surface area contributed by atoms with E-state index in [-0.39, 0.29) is 11.7 Å². The van der Waals surface area contributed by atoms with E-state index in [1.165, 1.54) is 0 Å². The van der Waals surface area contributed by atoms with E-state index in [2.05, 4.69) is 5.32 Å². The van der Waals surface area contributed by atoms with E-state index in [1.54, 1.807) is 12.1 Å². The van der Waals surface area contributed by atoms with E-state index >= 15 is 0 Å². The van der Waals surface area contributed by atoms with Crippen LogP contribution in [-0.4, -0.2) is 42.1 Å². The molecule has 2 N–H and O–H groups in total. The molecule has 108 valence electrons. The molecule has 4 heteroatoms. The minimum atomic E-state index is -0.0263. The van der Waals surface area contributed by atoms with Crippen LogP contribution in [0.5, 0.6) is 5.75 Å². The van der Waals surface area contributed by atoms with E-state index in [4.69, 9.17) is 0 Å². The number of nitrogens with one attached hydrogen (secondary N) is 1. The Labute approximate surface area is 119 Å². The lowest BCUT2D eigenvalue weighted by molar-refractivity contribution is 0.0758. The van der Waals surface area contributed by atoms with Crippen molar-refractivity contribution < 1.29 is 9.90 Å². The molecule has 0 saturated carbocycles. The van der Waals surface area contributed by atoms with Gasteiger partial charge in [-0.1, -0.05) is 11.6 Å². The smallest absolute Gasteiger partial charge is 0.257 e. The number of benzene rings is 1. The van der Waals surface area contributed by atoms with Gasteiger partial charge in [-0.05, 0) is 56.8 Å². The van der Waals surface area contributed by atoms with Gasteiger partial charge in [-0.3, -0.25) is 4.79 Å². The van der Waals surface area contributed by atoms with Gasteiger partial charge in [0.05, 0.1) is 5.56 Å². The Hall–Kier alpha value is -1.55. The molecule has 0 bridgehead atoms. The molecule has 0 aliphatic carbocycles. The summed E-state index contributed by atoms with van der Waals surface area (Å²) in [5.74, 6) is 0.0634. The Kier molecular flexibility index (Phi) is 3.42. The number of rotatable bonds is 1. The number of phenols is 1. The van der Waals surface area contributed by atoms with E-state index in [0.29, 0.717) is 11.0 Å². The Balaban J connectivity index is 1.77. The minimum Gasteiger partial charge on any atom is -0.507 e. The summed E-state index contributed by atoms with van der Waals surface area (Å²) in [6, 6.07) is 5.22. The third-order valence-corrected chi connectivity index (χ3v) is 4.77. The number of carbonyl (C=O) groups is 1. The van der Waals surface area contributed by atoms with E-state index in [1.807, 2.05) is 17.9 Å². The van der Waals surface area contributed by atoms with Crippen molar-refractivity contribution in [3.8, 4) is 5.75 Å². The molecule has 1 aromatic rings. The maximum Gasteiger partial charge on any atom is 0.257 e. The van der Waals surface area contributed by atoms with Crippen LogP contribution >= 0.6 is 0 Å². The predicted molar refractivity (Wildman–Crippen MR) is 77.9 cm³/mol. The number of carbonyl (C=O) groups excluding carboxylic acids is 1. The van der Waals surface area contributed by atoms with Gasteiger partial charge >= 0.3 is 0 Å². The lowest BCUT2D eigenvalue weighted by atomic mass is 9.78. The number of hydrogen-bond donors (Lipinski definition) is 2. The monoisotopic (exact) mass is 274 g/mol. The Morgan fingerprint density at radius 3 is 2.80 bits per heavy atom. The van der Waals surface area contributed by atoms with E-state index in [9.17, 15) is 9.90 Å². The molecule has 0 aromatic heterocycles. The summed E-state index contributed by atoms with van der Waals surface area (Å²) in [6.45, 7) is 5.69. The first-order valence-corrected chi connectivity index (χ1v) is 7.39. The summed E-state index contributed by atoms with van der Waals surface area (Å²) in [5, 5.41) is 13.3. The quantitative estimate of drug-likeness (QED) is 0.822. The first-order chi connectivity index (χ1) is 9.60. The second kappa shape index (κ2) is 5.09. The molecular formula is C16H22N2O2. The lowest BCUT2D eigenvalue weighted by Crippen LogP contribution is -2.39. The molecule has 2 heterocycles. The number of aromatic hydroxyl groups is 1. The van der Waals surface area contributed by atoms with Gasteiger partial charge in [0.2, 0.25) is 0 Å². The van der Waals surface area contributed by atoms with Crippen molar-refractivity contribution in [2.75, 3.05) is 26.2 Å². The SMILES string of the molecule is Cc1ccc(O)c(C(=O)N2CCC3(CCNCC3)C2)c1. The number of phenolic OH excluding ortho intramolecular Hbond substituents is 1. The highest BCUT2D eigenvalue weighted by Crippen LogP contribution is 2.39. The molecular weight excluding hydrogens is 252 g/mol. The fourth-order valence-electron chi connectivity index (χ4n) is 3.47. The zero-order valence-corrected chi connectivity index (χ0v) is 12.0. The maximum absolute atomic E-state index is 12.6. The number of aryl methyl sites for hydroxylation is 1. The number of amides is 1. The summed E-state index contributed by atoms with van der Waals surface area (Å²) in [4.78, 5) is 14.5. The standard InChI is InChI=1S/C16H22N2O2/c1-12-2-3-14(19)13(10-12)15(20)18-9-6-16(11-18)4-7-17-8-5-16/h2-3,10,17,19H,4-9,11H2,1H3. The number of nitrogens with zero attached hydrogens (tertiary/aromatic N) is 1. The van der Waals surface area contributed by atoms with E-state index < -0.39 is 0 Å². The molecule has 1 amide bonds. The summed E-state index contributed by atoms with van der Waals surface area (Å²) in [6.07, 6.45) is 3.39. The highest BCUT2D eigenvalue weighted by molar-refractivity contribution is 5.97. The van der Waals surface area contributed by atoms with Crippen LogP contribution in [0.3, 0.4) is 0 Å². The summed E-state index contributed by atoms with van der Waals surface area (Å²) < 4.78 is 0. The van der Waals surface area contributed by atoms with E-state index in [0.717, 1.165) is 51.0 Å². The molecule has 0 unspecified atom stereocenters. The van der Waals surface area contributed by atoms with Gasteiger partial charge in [-0.25, -0.2) is 0 Å². The third kappa shape index (κ3) is 2.40. The predicted octanol–water partition coefficient (Wildman–Crippen LogP) is 1.92. The Morgan fingerprint density at radius 1 is 1.30 bits per heavy atom. The van der Waals surface area contributed by atoms with Crippen LogP contribution in [0.1, 0.15) is 35.2 Å². The van der Waals surface area contributed by atoms with Crippen molar-refractivity contribution in [1.82, 2.24) is 10.2 Å². The zero-order chi connectivity index (χ0) is 14.2. The van der Waals surface area contributed by atoms with Crippen molar-refractivity contribution in [2.45, 2.75) is 26.2 Å².